The van der Waals surface area contributed by atoms with Gasteiger partial charge in [-0.25, -0.2) is 9.67 Å². The van der Waals surface area contributed by atoms with E-state index in [0.29, 0.717) is 19.5 Å². The summed E-state index contributed by atoms with van der Waals surface area (Å²) in [5.41, 5.74) is 0. The van der Waals surface area contributed by atoms with Gasteiger partial charge in [-0.1, -0.05) is 5.21 Å². The largest absolute Gasteiger partial charge is 0.340 e. The molecule has 0 saturated carbocycles. The molecule has 1 fully saturated rings. The van der Waals surface area contributed by atoms with Crippen LogP contribution in [0.5, 0.6) is 0 Å². The number of carbonyl (C=O) groups is 1. The number of hydrogen-bond acceptors (Lipinski definition) is 5. The molecule has 0 unspecified atom stereocenters. The Balaban J connectivity index is 1.60. The molecule has 0 bridgehead atoms. The number of rotatable bonds is 4. The molecule has 2 aromatic rings. The zero-order valence-electron chi connectivity index (χ0n) is 13.0. The molecule has 1 amide bonds. The van der Waals surface area contributed by atoms with Gasteiger partial charge in [0.1, 0.15) is 11.6 Å². The summed E-state index contributed by atoms with van der Waals surface area (Å²) >= 11 is 0. The minimum Gasteiger partial charge on any atom is -0.340 e. The number of likely N-dealkylation sites (tertiary alicyclic amines) is 1. The van der Waals surface area contributed by atoms with Gasteiger partial charge in [0.15, 0.2) is 0 Å². The van der Waals surface area contributed by atoms with E-state index < -0.39 is 0 Å². The minimum absolute atomic E-state index is 0.162. The quantitative estimate of drug-likeness (QED) is 0.832. The summed E-state index contributed by atoms with van der Waals surface area (Å²) in [6.07, 6.45) is 5.88. The van der Waals surface area contributed by atoms with Gasteiger partial charge in [-0.15, -0.1) is 5.10 Å². The molecule has 118 valence electrons. The van der Waals surface area contributed by atoms with E-state index in [-0.39, 0.29) is 11.9 Å². The molecular formula is C14H21N7O. The van der Waals surface area contributed by atoms with Crippen LogP contribution in [0.1, 0.15) is 37.0 Å². The van der Waals surface area contributed by atoms with Crippen LogP contribution in [0, 0.1) is 13.8 Å². The summed E-state index contributed by atoms with van der Waals surface area (Å²) in [6.45, 7) is 5.96. The van der Waals surface area contributed by atoms with Crippen LogP contribution in [0.25, 0.3) is 0 Å². The molecule has 0 radical (unpaired) electrons. The number of nitrogens with zero attached hydrogens (tertiary/aromatic N) is 7. The summed E-state index contributed by atoms with van der Waals surface area (Å²) in [5, 5.41) is 12.1. The lowest BCUT2D eigenvalue weighted by Crippen LogP contribution is -2.41. The molecule has 1 aliphatic rings. The SMILES string of the molecule is Cc1nc(C)n([C@@H]2CCCN(C(=O)CCn3ccnn3)C2)n1. The van der Waals surface area contributed by atoms with Crippen LogP contribution in [0.3, 0.4) is 0 Å². The van der Waals surface area contributed by atoms with E-state index in [1.807, 2.05) is 23.4 Å². The zero-order valence-corrected chi connectivity index (χ0v) is 13.0. The fourth-order valence-corrected chi connectivity index (χ4v) is 2.98. The third kappa shape index (κ3) is 3.15. The van der Waals surface area contributed by atoms with Crippen LogP contribution in [0.2, 0.25) is 0 Å². The van der Waals surface area contributed by atoms with Gasteiger partial charge in [-0.05, 0) is 26.7 Å². The van der Waals surface area contributed by atoms with E-state index >= 15 is 0 Å². The molecule has 1 saturated heterocycles. The second-order valence-electron chi connectivity index (χ2n) is 5.70. The predicted octanol–water partition coefficient (Wildman–Crippen LogP) is 0.740. The Kier molecular flexibility index (Phi) is 4.17. The summed E-state index contributed by atoms with van der Waals surface area (Å²) < 4.78 is 3.65. The maximum atomic E-state index is 12.4. The van der Waals surface area contributed by atoms with E-state index in [1.165, 1.54) is 0 Å². The van der Waals surface area contributed by atoms with E-state index in [4.69, 9.17) is 0 Å². The highest BCUT2D eigenvalue weighted by Crippen LogP contribution is 2.22. The van der Waals surface area contributed by atoms with Crippen LogP contribution in [0.15, 0.2) is 12.4 Å². The topological polar surface area (TPSA) is 81.7 Å². The first-order valence-electron chi connectivity index (χ1n) is 7.65. The Hall–Kier alpha value is -2.25. The second-order valence-corrected chi connectivity index (χ2v) is 5.70. The van der Waals surface area contributed by atoms with Crippen LogP contribution in [0.4, 0.5) is 0 Å². The fourth-order valence-electron chi connectivity index (χ4n) is 2.98. The van der Waals surface area contributed by atoms with Gasteiger partial charge in [0, 0.05) is 25.7 Å². The van der Waals surface area contributed by atoms with Gasteiger partial charge in [0.2, 0.25) is 5.91 Å². The molecule has 3 rings (SSSR count). The minimum atomic E-state index is 0.162. The molecule has 2 aromatic heterocycles. The van der Waals surface area contributed by atoms with Crippen LogP contribution < -0.4 is 0 Å². The number of piperidine rings is 1. The highest BCUT2D eigenvalue weighted by molar-refractivity contribution is 5.76. The molecule has 0 aromatic carbocycles. The molecule has 3 heterocycles. The van der Waals surface area contributed by atoms with Crippen molar-refractivity contribution in [2.24, 2.45) is 0 Å². The standard InChI is InChI=1S/C14H21N7O/c1-11-16-12(2)21(17-11)13-4-3-7-19(10-13)14(22)5-8-20-9-6-15-18-20/h6,9,13H,3-5,7-8,10H2,1-2H3/t13-/m1/s1. The Bertz CT molecular complexity index is 634. The molecule has 22 heavy (non-hydrogen) atoms. The van der Waals surface area contributed by atoms with Crippen LogP contribution in [-0.4, -0.2) is 53.7 Å². The molecule has 0 aliphatic carbocycles. The molecule has 0 spiro atoms. The van der Waals surface area contributed by atoms with Crippen molar-refractivity contribution in [2.75, 3.05) is 13.1 Å². The Morgan fingerprint density at radius 2 is 2.27 bits per heavy atom. The number of aromatic nitrogens is 6. The maximum absolute atomic E-state index is 12.4. The molecule has 1 atom stereocenters. The lowest BCUT2D eigenvalue weighted by atomic mass is 10.1. The van der Waals surface area contributed by atoms with Gasteiger partial charge < -0.3 is 4.90 Å². The number of hydrogen-bond donors (Lipinski definition) is 0. The van der Waals surface area contributed by atoms with Gasteiger partial charge >= 0.3 is 0 Å². The summed E-state index contributed by atoms with van der Waals surface area (Å²) in [5.74, 6) is 1.86. The monoisotopic (exact) mass is 303 g/mol. The fraction of sp³-hybridized carbons (Fsp3) is 0.643. The molecule has 1 aliphatic heterocycles. The second kappa shape index (κ2) is 6.25. The average Bonchev–Trinajstić information content (AvgIpc) is 3.14. The lowest BCUT2D eigenvalue weighted by Gasteiger charge is -2.33. The smallest absolute Gasteiger partial charge is 0.224 e. The number of aryl methyl sites for hydroxylation is 3. The third-order valence-corrected chi connectivity index (χ3v) is 4.03. The van der Waals surface area contributed by atoms with E-state index in [2.05, 4.69) is 20.4 Å². The van der Waals surface area contributed by atoms with Crippen molar-refractivity contribution >= 4 is 5.91 Å². The number of carbonyl (C=O) groups excluding carboxylic acids is 1. The van der Waals surface area contributed by atoms with Crippen molar-refractivity contribution in [3.8, 4) is 0 Å². The maximum Gasteiger partial charge on any atom is 0.224 e. The van der Waals surface area contributed by atoms with Gasteiger partial charge in [-0.2, -0.15) is 5.10 Å². The van der Waals surface area contributed by atoms with Crippen LogP contribution in [-0.2, 0) is 11.3 Å². The van der Waals surface area contributed by atoms with Crippen molar-refractivity contribution in [2.45, 2.75) is 45.7 Å². The summed E-state index contributed by atoms with van der Waals surface area (Å²) in [6, 6.07) is 0.227. The first kappa shape index (κ1) is 14.7. The molecule has 8 heteroatoms. The normalized spacial score (nSPS) is 18.6. The molecule has 8 nitrogen and oxygen atoms in total. The van der Waals surface area contributed by atoms with Gasteiger partial charge in [0.25, 0.3) is 0 Å². The van der Waals surface area contributed by atoms with E-state index in [9.17, 15) is 4.79 Å². The van der Waals surface area contributed by atoms with Crippen molar-refractivity contribution in [1.82, 2.24) is 34.7 Å². The van der Waals surface area contributed by atoms with Gasteiger partial charge in [-0.3, -0.25) is 9.48 Å². The zero-order chi connectivity index (χ0) is 15.5. The Morgan fingerprint density at radius 1 is 1.41 bits per heavy atom. The average molecular weight is 303 g/mol. The van der Waals surface area contributed by atoms with E-state index in [1.54, 1.807) is 17.1 Å². The highest BCUT2D eigenvalue weighted by atomic mass is 16.2. The Morgan fingerprint density at radius 3 is 2.95 bits per heavy atom. The molecular weight excluding hydrogens is 282 g/mol. The van der Waals surface area contributed by atoms with Crippen LogP contribution >= 0.6 is 0 Å². The third-order valence-electron chi connectivity index (χ3n) is 4.03. The first-order chi connectivity index (χ1) is 10.6. The van der Waals surface area contributed by atoms with Gasteiger partial charge in [0.05, 0.1) is 18.8 Å². The number of amides is 1. The lowest BCUT2D eigenvalue weighted by molar-refractivity contribution is -0.133. The van der Waals surface area contributed by atoms with Crippen molar-refractivity contribution < 1.29 is 4.79 Å². The Labute approximate surface area is 129 Å². The highest BCUT2D eigenvalue weighted by Gasteiger charge is 2.26. The summed E-state index contributed by atoms with van der Waals surface area (Å²) in [4.78, 5) is 18.7. The summed E-state index contributed by atoms with van der Waals surface area (Å²) in [7, 11) is 0. The molecule has 0 N–H and O–H groups in total. The van der Waals surface area contributed by atoms with Crippen molar-refractivity contribution in [3.05, 3.63) is 24.0 Å². The van der Waals surface area contributed by atoms with Crippen molar-refractivity contribution in [3.63, 3.8) is 0 Å². The first-order valence-corrected chi connectivity index (χ1v) is 7.65. The van der Waals surface area contributed by atoms with Crippen molar-refractivity contribution in [1.29, 1.82) is 0 Å². The predicted molar refractivity (Wildman–Crippen MR) is 79.0 cm³/mol. The van der Waals surface area contributed by atoms with E-state index in [0.717, 1.165) is 31.0 Å².